The van der Waals surface area contributed by atoms with E-state index < -0.39 is 0 Å². The second-order valence-corrected chi connectivity index (χ2v) is 5.15. The monoisotopic (exact) mass is 257 g/mol. The zero-order valence-corrected chi connectivity index (χ0v) is 12.3. The third-order valence-corrected chi connectivity index (χ3v) is 4.00. The molecular formula is C16H23N3. The zero-order valence-electron chi connectivity index (χ0n) is 12.3. The normalized spacial score (nSPS) is 12.7. The van der Waals surface area contributed by atoms with Crippen LogP contribution in [-0.2, 0) is 13.6 Å². The molecule has 1 aromatic heterocycles. The fourth-order valence-corrected chi connectivity index (χ4v) is 2.33. The number of rotatable bonds is 4. The number of aryl methyl sites for hydroxylation is 1. The first-order valence-corrected chi connectivity index (χ1v) is 6.91. The van der Waals surface area contributed by atoms with Crippen molar-refractivity contribution in [3.8, 4) is 11.3 Å². The first-order chi connectivity index (χ1) is 9.08. The summed E-state index contributed by atoms with van der Waals surface area (Å²) in [4.78, 5) is 4.63. The van der Waals surface area contributed by atoms with E-state index in [1.165, 1.54) is 5.56 Å². The average molecular weight is 257 g/mol. The third-order valence-electron chi connectivity index (χ3n) is 4.00. The minimum atomic E-state index is 0.514. The van der Waals surface area contributed by atoms with Crippen LogP contribution in [0.15, 0.2) is 24.3 Å². The van der Waals surface area contributed by atoms with Crippen LogP contribution in [0.4, 0.5) is 0 Å². The molecule has 102 valence electrons. The van der Waals surface area contributed by atoms with E-state index in [0.29, 0.717) is 12.5 Å². The van der Waals surface area contributed by atoms with E-state index in [2.05, 4.69) is 47.7 Å². The van der Waals surface area contributed by atoms with Gasteiger partial charge in [-0.3, -0.25) is 0 Å². The molecule has 1 heterocycles. The summed E-state index contributed by atoms with van der Waals surface area (Å²) in [5.74, 6) is 1.61. The maximum atomic E-state index is 5.84. The number of nitrogens with zero attached hydrogens (tertiary/aromatic N) is 2. The van der Waals surface area contributed by atoms with E-state index >= 15 is 0 Å². The van der Waals surface area contributed by atoms with Gasteiger partial charge in [0.05, 0.1) is 11.4 Å². The van der Waals surface area contributed by atoms with Gasteiger partial charge in [0.15, 0.2) is 0 Å². The Kier molecular flexibility index (Phi) is 4.05. The number of hydrogen-bond donors (Lipinski definition) is 1. The Balaban J connectivity index is 2.40. The molecule has 1 unspecified atom stereocenters. The predicted octanol–water partition coefficient (Wildman–Crippen LogP) is 3.37. The second kappa shape index (κ2) is 5.57. The summed E-state index contributed by atoms with van der Waals surface area (Å²) in [6, 6.07) is 8.71. The average Bonchev–Trinajstić information content (AvgIpc) is 2.73. The quantitative estimate of drug-likeness (QED) is 0.912. The van der Waals surface area contributed by atoms with Crippen LogP contribution in [0.3, 0.4) is 0 Å². The van der Waals surface area contributed by atoms with Gasteiger partial charge < -0.3 is 10.3 Å². The van der Waals surface area contributed by atoms with Gasteiger partial charge in [0.2, 0.25) is 0 Å². The Morgan fingerprint density at radius 1 is 1.26 bits per heavy atom. The van der Waals surface area contributed by atoms with Crippen LogP contribution in [-0.4, -0.2) is 9.55 Å². The molecule has 0 radical (unpaired) electrons. The van der Waals surface area contributed by atoms with Gasteiger partial charge in [-0.1, -0.05) is 38.1 Å². The smallest absolute Gasteiger partial charge is 0.106 e. The molecule has 0 fully saturated rings. The molecule has 19 heavy (non-hydrogen) atoms. The number of aromatic nitrogens is 2. The largest absolute Gasteiger partial charge is 0.334 e. The number of benzene rings is 1. The molecular weight excluding hydrogens is 234 g/mol. The molecule has 0 spiro atoms. The highest BCUT2D eigenvalue weighted by molar-refractivity contribution is 5.63. The lowest BCUT2D eigenvalue weighted by molar-refractivity contribution is 0.734. The molecule has 0 saturated carbocycles. The van der Waals surface area contributed by atoms with Crippen LogP contribution in [0.2, 0.25) is 0 Å². The molecule has 0 saturated heterocycles. The van der Waals surface area contributed by atoms with Crippen LogP contribution in [0.5, 0.6) is 0 Å². The van der Waals surface area contributed by atoms with Crippen LogP contribution < -0.4 is 5.73 Å². The fourth-order valence-electron chi connectivity index (χ4n) is 2.33. The van der Waals surface area contributed by atoms with Crippen molar-refractivity contribution in [1.82, 2.24) is 9.55 Å². The Hall–Kier alpha value is -1.61. The standard InChI is InChI=1S/C16H23N3/c1-5-11(2)13-6-8-14(9-7-13)16-15(10-17)19(4)12(3)18-16/h6-9,11H,5,10,17H2,1-4H3. The molecule has 1 atom stereocenters. The summed E-state index contributed by atoms with van der Waals surface area (Å²) in [5, 5.41) is 0. The zero-order chi connectivity index (χ0) is 14.0. The Morgan fingerprint density at radius 2 is 1.89 bits per heavy atom. The minimum absolute atomic E-state index is 0.514. The van der Waals surface area contributed by atoms with E-state index in [-0.39, 0.29) is 0 Å². The van der Waals surface area contributed by atoms with Crippen molar-refractivity contribution in [2.24, 2.45) is 12.8 Å². The van der Waals surface area contributed by atoms with Crippen molar-refractivity contribution < 1.29 is 0 Å². The first-order valence-electron chi connectivity index (χ1n) is 6.91. The number of nitrogens with two attached hydrogens (primary N) is 1. The van der Waals surface area contributed by atoms with Gasteiger partial charge in [-0.05, 0) is 24.8 Å². The molecule has 2 rings (SSSR count). The summed E-state index contributed by atoms with van der Waals surface area (Å²) < 4.78 is 2.07. The van der Waals surface area contributed by atoms with E-state index in [0.717, 1.165) is 29.2 Å². The maximum absolute atomic E-state index is 5.84. The van der Waals surface area contributed by atoms with Crippen molar-refractivity contribution in [1.29, 1.82) is 0 Å². The van der Waals surface area contributed by atoms with E-state index in [4.69, 9.17) is 5.73 Å². The molecule has 0 amide bonds. The van der Waals surface area contributed by atoms with E-state index in [1.54, 1.807) is 0 Å². The van der Waals surface area contributed by atoms with Crippen LogP contribution in [0, 0.1) is 6.92 Å². The van der Waals surface area contributed by atoms with Crippen LogP contribution in [0.1, 0.15) is 43.3 Å². The summed E-state index contributed by atoms with van der Waals surface area (Å²) in [7, 11) is 2.02. The van der Waals surface area contributed by atoms with Crippen LogP contribution >= 0.6 is 0 Å². The molecule has 0 aliphatic heterocycles. The number of imidazole rings is 1. The van der Waals surface area contributed by atoms with Crippen molar-refractivity contribution >= 4 is 0 Å². The molecule has 3 heteroatoms. The first kappa shape index (κ1) is 13.8. The lowest BCUT2D eigenvalue weighted by Crippen LogP contribution is -2.05. The topological polar surface area (TPSA) is 43.8 Å². The SMILES string of the molecule is CCC(C)c1ccc(-c2nc(C)n(C)c2CN)cc1. The fraction of sp³-hybridized carbons (Fsp3) is 0.438. The molecule has 2 N–H and O–H groups in total. The van der Waals surface area contributed by atoms with Crippen molar-refractivity contribution in [3.05, 3.63) is 41.3 Å². The van der Waals surface area contributed by atoms with Gasteiger partial charge in [-0.15, -0.1) is 0 Å². The third kappa shape index (κ3) is 2.56. The molecule has 3 nitrogen and oxygen atoms in total. The van der Waals surface area contributed by atoms with Crippen molar-refractivity contribution in [3.63, 3.8) is 0 Å². The summed E-state index contributed by atoms with van der Waals surface area (Å²) >= 11 is 0. The van der Waals surface area contributed by atoms with Crippen molar-refractivity contribution in [2.45, 2.75) is 39.7 Å². The molecule has 0 bridgehead atoms. The highest BCUT2D eigenvalue weighted by atomic mass is 15.1. The second-order valence-electron chi connectivity index (χ2n) is 5.15. The molecule has 0 aliphatic carbocycles. The van der Waals surface area contributed by atoms with Gasteiger partial charge in [0.1, 0.15) is 5.82 Å². The lowest BCUT2D eigenvalue weighted by Gasteiger charge is -2.09. The Morgan fingerprint density at radius 3 is 2.42 bits per heavy atom. The van der Waals surface area contributed by atoms with Crippen molar-refractivity contribution in [2.75, 3.05) is 0 Å². The van der Waals surface area contributed by atoms with Gasteiger partial charge >= 0.3 is 0 Å². The Labute approximate surface area is 115 Å². The predicted molar refractivity (Wildman–Crippen MR) is 80.0 cm³/mol. The Bertz CT molecular complexity index is 552. The number of hydrogen-bond acceptors (Lipinski definition) is 2. The van der Waals surface area contributed by atoms with Gasteiger partial charge in [0.25, 0.3) is 0 Å². The maximum Gasteiger partial charge on any atom is 0.106 e. The van der Waals surface area contributed by atoms with Crippen LogP contribution in [0.25, 0.3) is 11.3 Å². The minimum Gasteiger partial charge on any atom is -0.334 e. The highest BCUT2D eigenvalue weighted by Crippen LogP contribution is 2.26. The van der Waals surface area contributed by atoms with E-state index in [9.17, 15) is 0 Å². The molecule has 0 aliphatic rings. The molecule has 2 aromatic rings. The van der Waals surface area contributed by atoms with Gasteiger partial charge in [-0.25, -0.2) is 4.98 Å². The lowest BCUT2D eigenvalue weighted by atomic mass is 9.97. The highest BCUT2D eigenvalue weighted by Gasteiger charge is 2.13. The summed E-state index contributed by atoms with van der Waals surface area (Å²) in [6.45, 7) is 6.99. The summed E-state index contributed by atoms with van der Waals surface area (Å²) in [6.07, 6.45) is 1.16. The summed E-state index contributed by atoms with van der Waals surface area (Å²) in [5.41, 5.74) is 10.5. The van der Waals surface area contributed by atoms with Gasteiger partial charge in [-0.2, -0.15) is 0 Å². The molecule has 1 aromatic carbocycles. The van der Waals surface area contributed by atoms with Gasteiger partial charge in [0, 0.05) is 19.2 Å². The van der Waals surface area contributed by atoms with E-state index in [1.807, 2.05) is 14.0 Å².